The highest BCUT2D eigenvalue weighted by molar-refractivity contribution is 7.52. The lowest BCUT2D eigenvalue weighted by Crippen LogP contribution is -2.37. The number of allylic oxidation sites excluding steroid dienone is 12. The maximum atomic E-state index is 13.8. The number of ether oxygens (including phenoxy) is 1. The Morgan fingerprint density at radius 2 is 1.47 bits per heavy atom. The van der Waals surface area contributed by atoms with E-state index in [9.17, 15) is 24.4 Å². The van der Waals surface area contributed by atoms with E-state index >= 15 is 0 Å². The average molecular weight is 810 g/mol. The van der Waals surface area contributed by atoms with Gasteiger partial charge in [-0.25, -0.2) is 19.3 Å². The minimum absolute atomic E-state index is 0.0315. The molecule has 2 unspecified atom stereocenters. The Balaban J connectivity index is 1.30. The smallest absolute Gasteiger partial charge is 0.413 e. The topological polar surface area (TPSA) is 203 Å². The Morgan fingerprint density at radius 3 is 2.05 bits per heavy atom. The molecule has 1 aliphatic rings. The van der Waals surface area contributed by atoms with Gasteiger partial charge in [0.15, 0.2) is 6.23 Å². The summed E-state index contributed by atoms with van der Waals surface area (Å²) in [7, 11) is -2.14. The van der Waals surface area contributed by atoms with Crippen LogP contribution < -0.4 is 20.7 Å². The molecule has 3 rings (SSSR count). The number of likely N-dealkylation sites (N-methyl/N-ethyl adjacent to an activating group) is 1. The number of carbonyl (C=O) groups is 2. The van der Waals surface area contributed by atoms with Crippen molar-refractivity contribution in [3.63, 3.8) is 0 Å². The van der Waals surface area contributed by atoms with Gasteiger partial charge in [-0.05, 0) is 64.1 Å². The van der Waals surface area contributed by atoms with Gasteiger partial charge >= 0.3 is 7.75 Å². The molecule has 2 heterocycles. The monoisotopic (exact) mass is 809 g/mol. The Morgan fingerprint density at radius 1 is 0.895 bits per heavy atom. The fraction of sp³-hybridized carbons (Fsp3) is 0.463. The molecule has 1 saturated heterocycles. The van der Waals surface area contributed by atoms with Gasteiger partial charge in [0, 0.05) is 32.6 Å². The number of aliphatic hydroxyl groups is 2. The normalized spacial score (nSPS) is 20.0. The van der Waals surface area contributed by atoms with Crippen LogP contribution in [0.15, 0.2) is 110 Å². The fourth-order valence-corrected chi connectivity index (χ4v) is 6.63. The van der Waals surface area contributed by atoms with Crippen LogP contribution in [-0.4, -0.2) is 99.8 Å². The van der Waals surface area contributed by atoms with E-state index < -0.39 is 44.8 Å². The van der Waals surface area contributed by atoms with Crippen molar-refractivity contribution >= 4 is 19.6 Å². The first-order chi connectivity index (χ1) is 27.6. The van der Waals surface area contributed by atoms with E-state index in [2.05, 4.69) is 94.2 Å². The molecule has 2 amide bonds. The minimum atomic E-state index is -4.01. The maximum Gasteiger partial charge on any atom is 0.458 e. The highest BCUT2D eigenvalue weighted by Gasteiger charge is 2.45. The predicted octanol–water partition coefficient (Wildman–Crippen LogP) is 5.32. The number of nitrogens with zero attached hydrogens (tertiary/aromatic N) is 4. The molecular formula is C41H60N7O8P. The molecule has 1 aromatic carbocycles. The Hall–Kier alpha value is -4.47. The fourth-order valence-electron chi connectivity index (χ4n) is 5.31. The molecule has 0 aliphatic carbocycles. The molecule has 5 atom stereocenters. The number of nitrogens with one attached hydrogen (secondary N) is 2. The van der Waals surface area contributed by atoms with Gasteiger partial charge in [-0.3, -0.25) is 14.1 Å². The second-order valence-electron chi connectivity index (χ2n) is 13.2. The second-order valence-corrected chi connectivity index (χ2v) is 14.9. The van der Waals surface area contributed by atoms with Crippen molar-refractivity contribution in [2.75, 3.05) is 39.8 Å². The summed E-state index contributed by atoms with van der Waals surface area (Å²) < 4.78 is 32.0. The summed E-state index contributed by atoms with van der Waals surface area (Å²) in [6, 6.07) is 8.46. The predicted molar refractivity (Wildman–Crippen MR) is 221 cm³/mol. The van der Waals surface area contributed by atoms with Gasteiger partial charge in [-0.15, -0.1) is 5.10 Å². The lowest BCUT2D eigenvalue weighted by atomic mass is 10.1. The summed E-state index contributed by atoms with van der Waals surface area (Å²) in [5.41, 5.74) is 5.20. The first kappa shape index (κ1) is 46.9. The summed E-state index contributed by atoms with van der Waals surface area (Å²) in [5, 5.41) is 30.8. The van der Waals surface area contributed by atoms with Crippen LogP contribution in [0.4, 0.5) is 0 Å². The molecule has 0 spiro atoms. The number of para-hydroxylation sites is 1. The molecular weight excluding hydrogens is 749 g/mol. The molecule has 1 aromatic heterocycles. The van der Waals surface area contributed by atoms with E-state index in [-0.39, 0.29) is 18.3 Å². The number of amides is 2. The number of primary amides is 1. The van der Waals surface area contributed by atoms with Crippen LogP contribution in [-0.2, 0) is 18.6 Å². The largest absolute Gasteiger partial charge is 0.458 e. The molecule has 16 heteroatoms. The summed E-state index contributed by atoms with van der Waals surface area (Å²) in [5.74, 6) is -0.888. The first-order valence-corrected chi connectivity index (χ1v) is 21.0. The molecule has 0 radical (unpaired) electrons. The van der Waals surface area contributed by atoms with Crippen molar-refractivity contribution in [2.45, 2.75) is 82.8 Å². The zero-order chi connectivity index (χ0) is 41.1. The molecule has 0 bridgehead atoms. The molecule has 15 nitrogen and oxygen atoms in total. The average Bonchev–Trinajstić information content (AvgIpc) is 3.80. The van der Waals surface area contributed by atoms with E-state index in [0.29, 0.717) is 38.2 Å². The van der Waals surface area contributed by atoms with Crippen LogP contribution in [0.3, 0.4) is 0 Å². The minimum Gasteiger partial charge on any atom is -0.413 e. The van der Waals surface area contributed by atoms with Gasteiger partial charge in [0.2, 0.25) is 11.7 Å². The van der Waals surface area contributed by atoms with Crippen molar-refractivity contribution in [1.82, 2.24) is 30.1 Å². The molecule has 6 N–H and O–H groups in total. The van der Waals surface area contributed by atoms with Gasteiger partial charge < -0.3 is 35.4 Å². The summed E-state index contributed by atoms with van der Waals surface area (Å²) in [6.07, 6.45) is 28.5. The third-order valence-corrected chi connectivity index (χ3v) is 10.0. The quantitative estimate of drug-likeness (QED) is 0.0548. The van der Waals surface area contributed by atoms with Crippen molar-refractivity contribution in [1.29, 1.82) is 0 Å². The highest BCUT2D eigenvalue weighted by atomic mass is 31.2. The summed E-state index contributed by atoms with van der Waals surface area (Å²) in [6.45, 7) is 3.37. The molecule has 312 valence electrons. The summed E-state index contributed by atoms with van der Waals surface area (Å²) in [4.78, 5) is 29.4. The van der Waals surface area contributed by atoms with Crippen molar-refractivity contribution in [2.24, 2.45) is 5.73 Å². The van der Waals surface area contributed by atoms with E-state index in [0.717, 1.165) is 49.5 Å². The van der Waals surface area contributed by atoms with Crippen LogP contribution in [0, 0.1) is 0 Å². The van der Waals surface area contributed by atoms with Gasteiger partial charge in [-0.2, -0.15) is 0 Å². The third kappa shape index (κ3) is 19.0. The number of rotatable bonds is 28. The zero-order valence-electron chi connectivity index (χ0n) is 33.1. The number of aliphatic hydroxyl groups excluding tert-OH is 2. The lowest BCUT2D eigenvalue weighted by Gasteiger charge is -2.24. The maximum absolute atomic E-state index is 13.8. The SMILES string of the molecule is CC/C=C\C/C=C\C/C=C\C/C=C\C/C=C\C/C=C\CCC(=O)NCCN(C)CCNP(=O)(OCC1O[C@@H](n2cnc(C(N)=O)n2)[C@H](O)[C@@H]1O)Oc1ccccc1. The standard InChI is InChI=1S/C41H60N7O8P/c1-3-4-5-6-7-8-9-10-11-12-13-14-15-16-17-18-19-20-24-27-36(49)43-28-30-47(2)31-29-45-57(53,56-34-25-22-21-23-26-34)54-32-35-37(50)38(51)41(55-35)48-33-44-40(46-48)39(42)52/h4-5,7-8,10-11,13-14,16-17,19-23,25-26,33,35,37-38,41,50-51H,3,6,9,12,15,18,24,27-32H2,1-2H3,(H2,42,52)(H,43,49)(H,45,53)/b5-4-,8-7-,11-10-,14-13-,17-16-,20-19-/t35?,37-,38-,41-,57?/m1/s1. The number of aromatic nitrogens is 3. The van der Waals surface area contributed by atoms with Crippen LogP contribution in [0.1, 0.15) is 75.1 Å². The van der Waals surface area contributed by atoms with Crippen LogP contribution >= 0.6 is 7.75 Å². The third-order valence-electron chi connectivity index (χ3n) is 8.45. The Kier molecular flexibility index (Phi) is 22.4. The van der Waals surface area contributed by atoms with Crippen molar-refractivity contribution in [3.05, 3.63) is 115 Å². The zero-order valence-corrected chi connectivity index (χ0v) is 33.9. The number of hydrogen-bond acceptors (Lipinski definition) is 11. The number of carbonyl (C=O) groups excluding carboxylic acids is 2. The lowest BCUT2D eigenvalue weighted by molar-refractivity contribution is -0.121. The van der Waals surface area contributed by atoms with Crippen LogP contribution in [0.5, 0.6) is 5.75 Å². The second kappa shape index (κ2) is 27.2. The summed E-state index contributed by atoms with van der Waals surface area (Å²) >= 11 is 0. The van der Waals surface area contributed by atoms with Crippen molar-refractivity contribution in [3.8, 4) is 5.75 Å². The molecule has 0 saturated carbocycles. The van der Waals surface area contributed by atoms with Gasteiger partial charge in [0.25, 0.3) is 5.91 Å². The Labute approximate surface area is 336 Å². The Bertz CT molecular complexity index is 1690. The first-order valence-electron chi connectivity index (χ1n) is 19.4. The van der Waals surface area contributed by atoms with Crippen LogP contribution in [0.25, 0.3) is 0 Å². The number of hydrogen-bond donors (Lipinski definition) is 5. The molecule has 1 aliphatic heterocycles. The number of nitrogens with two attached hydrogens (primary N) is 1. The highest BCUT2D eigenvalue weighted by Crippen LogP contribution is 2.45. The molecule has 1 fully saturated rings. The van der Waals surface area contributed by atoms with Gasteiger partial charge in [0.05, 0.1) is 6.61 Å². The van der Waals surface area contributed by atoms with E-state index in [1.54, 1.807) is 30.3 Å². The van der Waals surface area contributed by atoms with Crippen LogP contribution in [0.2, 0.25) is 0 Å². The number of benzene rings is 1. The van der Waals surface area contributed by atoms with E-state index in [4.69, 9.17) is 19.5 Å². The van der Waals surface area contributed by atoms with E-state index in [1.807, 2.05) is 18.0 Å². The molecule has 57 heavy (non-hydrogen) atoms. The molecule has 2 aromatic rings. The van der Waals surface area contributed by atoms with Gasteiger partial charge in [0.1, 0.15) is 30.4 Å². The van der Waals surface area contributed by atoms with Crippen molar-refractivity contribution < 1.29 is 38.2 Å². The van der Waals surface area contributed by atoms with E-state index in [1.165, 1.54) is 0 Å². The van der Waals surface area contributed by atoms with Gasteiger partial charge in [-0.1, -0.05) is 98.0 Å².